The summed E-state index contributed by atoms with van der Waals surface area (Å²) >= 11 is 0. The lowest BCUT2D eigenvalue weighted by molar-refractivity contribution is 0.0689. The minimum atomic E-state index is -1.18. The number of benzene rings is 2. The maximum Gasteiger partial charge on any atom is 0.408 e. The number of hydrogen-bond acceptors (Lipinski definition) is 5. The van der Waals surface area contributed by atoms with Crippen molar-refractivity contribution < 1.29 is 23.8 Å². The molecule has 0 radical (unpaired) electrons. The SMILES string of the molecule is Cc1oc([C@H](Cc2ccccc2)NC(=O)OCc2ccccc2)nc1C(=O)O. The van der Waals surface area contributed by atoms with E-state index in [1.807, 2.05) is 60.7 Å². The van der Waals surface area contributed by atoms with Crippen molar-refractivity contribution in [1.29, 1.82) is 0 Å². The largest absolute Gasteiger partial charge is 0.476 e. The summed E-state index contributed by atoms with van der Waals surface area (Å²) in [5.74, 6) is -0.881. The van der Waals surface area contributed by atoms with Gasteiger partial charge in [-0.3, -0.25) is 0 Å². The number of ether oxygens (including phenoxy) is 1. The van der Waals surface area contributed by atoms with E-state index in [1.165, 1.54) is 6.92 Å². The number of aromatic carboxylic acids is 1. The zero-order valence-corrected chi connectivity index (χ0v) is 15.3. The van der Waals surface area contributed by atoms with Crippen LogP contribution in [0.4, 0.5) is 4.79 Å². The van der Waals surface area contributed by atoms with Crippen molar-refractivity contribution in [2.75, 3.05) is 0 Å². The summed E-state index contributed by atoms with van der Waals surface area (Å²) in [5, 5.41) is 11.9. The lowest BCUT2D eigenvalue weighted by atomic mass is 10.1. The van der Waals surface area contributed by atoms with Crippen LogP contribution in [0.1, 0.15) is 39.3 Å². The van der Waals surface area contributed by atoms with E-state index >= 15 is 0 Å². The number of oxazole rings is 1. The number of aromatic nitrogens is 1. The molecule has 0 aliphatic carbocycles. The van der Waals surface area contributed by atoms with Gasteiger partial charge in [-0.05, 0) is 18.1 Å². The molecule has 0 saturated carbocycles. The first-order valence-electron chi connectivity index (χ1n) is 8.74. The van der Waals surface area contributed by atoms with Crippen molar-refractivity contribution in [3.8, 4) is 0 Å². The topological polar surface area (TPSA) is 102 Å². The van der Waals surface area contributed by atoms with Gasteiger partial charge in [0, 0.05) is 6.42 Å². The van der Waals surface area contributed by atoms with Gasteiger partial charge in [-0.1, -0.05) is 60.7 Å². The number of alkyl carbamates (subject to hydrolysis) is 1. The maximum absolute atomic E-state index is 12.3. The Bertz CT molecular complexity index is 938. The molecule has 144 valence electrons. The van der Waals surface area contributed by atoms with Gasteiger partial charge in [-0.15, -0.1) is 0 Å². The molecule has 1 heterocycles. The molecule has 28 heavy (non-hydrogen) atoms. The lowest BCUT2D eigenvalue weighted by Crippen LogP contribution is -2.30. The molecule has 2 aromatic carbocycles. The van der Waals surface area contributed by atoms with Crippen molar-refractivity contribution >= 4 is 12.1 Å². The fourth-order valence-corrected chi connectivity index (χ4v) is 2.72. The fourth-order valence-electron chi connectivity index (χ4n) is 2.72. The first kappa shape index (κ1) is 19.2. The highest BCUT2D eigenvalue weighted by atomic mass is 16.5. The lowest BCUT2D eigenvalue weighted by Gasteiger charge is -2.16. The van der Waals surface area contributed by atoms with E-state index in [2.05, 4.69) is 10.3 Å². The third kappa shape index (κ3) is 4.97. The second kappa shape index (κ2) is 8.85. The van der Waals surface area contributed by atoms with E-state index in [1.54, 1.807) is 0 Å². The van der Waals surface area contributed by atoms with Gasteiger partial charge >= 0.3 is 12.1 Å². The van der Waals surface area contributed by atoms with Crippen molar-refractivity contribution in [1.82, 2.24) is 10.3 Å². The van der Waals surface area contributed by atoms with E-state index in [4.69, 9.17) is 9.15 Å². The molecule has 1 aromatic heterocycles. The Morgan fingerprint density at radius 1 is 1.07 bits per heavy atom. The Morgan fingerprint density at radius 3 is 2.25 bits per heavy atom. The summed E-state index contributed by atoms with van der Waals surface area (Å²) in [6.07, 6.45) is -0.266. The summed E-state index contributed by atoms with van der Waals surface area (Å²) < 4.78 is 10.8. The molecule has 0 spiro atoms. The van der Waals surface area contributed by atoms with Gasteiger partial charge in [-0.25, -0.2) is 14.6 Å². The standard InChI is InChI=1S/C21H20N2O5/c1-14-18(20(24)25)23-19(28-14)17(12-15-8-4-2-5-9-15)22-21(26)27-13-16-10-6-3-7-11-16/h2-11,17H,12-13H2,1H3,(H,22,26)(H,24,25)/t17-/m0/s1. The Labute approximate surface area is 162 Å². The van der Waals surface area contributed by atoms with Crippen molar-refractivity contribution in [2.24, 2.45) is 0 Å². The van der Waals surface area contributed by atoms with Crippen LogP contribution in [0, 0.1) is 6.92 Å². The smallest absolute Gasteiger partial charge is 0.408 e. The average Bonchev–Trinajstić information content (AvgIpc) is 3.09. The Balaban J connectivity index is 1.75. The molecule has 3 aromatic rings. The number of nitrogens with one attached hydrogen (secondary N) is 1. The second-order valence-electron chi connectivity index (χ2n) is 6.21. The second-order valence-corrected chi connectivity index (χ2v) is 6.21. The monoisotopic (exact) mass is 380 g/mol. The van der Waals surface area contributed by atoms with E-state index in [0.717, 1.165) is 11.1 Å². The van der Waals surface area contributed by atoms with Crippen LogP contribution < -0.4 is 5.32 Å². The minimum Gasteiger partial charge on any atom is -0.476 e. The number of hydrogen-bond donors (Lipinski definition) is 2. The highest BCUT2D eigenvalue weighted by Crippen LogP contribution is 2.21. The summed E-state index contributed by atoms with van der Waals surface area (Å²) in [7, 11) is 0. The number of carboxylic acid groups (broad SMARTS) is 1. The third-order valence-corrected chi connectivity index (χ3v) is 4.10. The van der Waals surface area contributed by atoms with Crippen LogP contribution in [-0.2, 0) is 17.8 Å². The molecular weight excluding hydrogens is 360 g/mol. The van der Waals surface area contributed by atoms with Crippen LogP contribution >= 0.6 is 0 Å². The summed E-state index contributed by atoms with van der Waals surface area (Å²) in [6.45, 7) is 1.64. The molecule has 0 aliphatic rings. The number of aryl methyl sites for hydroxylation is 1. The first-order valence-corrected chi connectivity index (χ1v) is 8.74. The van der Waals surface area contributed by atoms with Gasteiger partial charge in [0.1, 0.15) is 18.4 Å². The van der Waals surface area contributed by atoms with Gasteiger partial charge in [0.05, 0.1) is 0 Å². The van der Waals surface area contributed by atoms with Gasteiger partial charge in [-0.2, -0.15) is 0 Å². The van der Waals surface area contributed by atoms with Crippen LogP contribution in [0.2, 0.25) is 0 Å². The van der Waals surface area contributed by atoms with E-state index in [9.17, 15) is 14.7 Å². The normalized spacial score (nSPS) is 11.6. The van der Waals surface area contributed by atoms with Gasteiger partial charge in [0.25, 0.3) is 0 Å². The van der Waals surface area contributed by atoms with Gasteiger partial charge < -0.3 is 19.6 Å². The summed E-state index contributed by atoms with van der Waals surface area (Å²) in [4.78, 5) is 27.6. The Kier molecular flexibility index (Phi) is 6.06. The Hall–Kier alpha value is -3.61. The van der Waals surface area contributed by atoms with Crippen LogP contribution in [0.15, 0.2) is 65.1 Å². The molecule has 0 unspecified atom stereocenters. The van der Waals surface area contributed by atoms with Gasteiger partial charge in [0.15, 0.2) is 5.69 Å². The quantitative estimate of drug-likeness (QED) is 0.645. The van der Waals surface area contributed by atoms with Gasteiger partial charge in [0.2, 0.25) is 5.89 Å². The average molecular weight is 380 g/mol. The number of rotatable bonds is 7. The molecule has 1 atom stereocenters. The zero-order valence-electron chi connectivity index (χ0n) is 15.3. The van der Waals surface area contributed by atoms with E-state index in [-0.39, 0.29) is 24.0 Å². The fraction of sp³-hybridized carbons (Fsp3) is 0.190. The number of carboxylic acids is 1. The number of carbonyl (C=O) groups excluding carboxylic acids is 1. The molecule has 7 heteroatoms. The highest BCUT2D eigenvalue weighted by Gasteiger charge is 2.25. The Morgan fingerprint density at radius 2 is 1.68 bits per heavy atom. The third-order valence-electron chi connectivity index (χ3n) is 4.10. The molecule has 0 fully saturated rings. The summed E-state index contributed by atoms with van der Waals surface area (Å²) in [6, 6.07) is 18.1. The van der Waals surface area contributed by atoms with Crippen molar-refractivity contribution in [2.45, 2.75) is 26.0 Å². The van der Waals surface area contributed by atoms with E-state index < -0.39 is 18.1 Å². The van der Waals surface area contributed by atoms with Crippen LogP contribution in [0.3, 0.4) is 0 Å². The van der Waals surface area contributed by atoms with E-state index in [0.29, 0.717) is 6.42 Å². The van der Waals surface area contributed by atoms with Crippen LogP contribution in [0.25, 0.3) is 0 Å². The molecule has 0 saturated heterocycles. The summed E-state index contributed by atoms with van der Waals surface area (Å²) in [5.41, 5.74) is 1.62. The molecule has 0 aliphatic heterocycles. The predicted molar refractivity (Wildman–Crippen MR) is 101 cm³/mol. The molecule has 0 bridgehead atoms. The highest BCUT2D eigenvalue weighted by molar-refractivity contribution is 5.86. The van der Waals surface area contributed by atoms with Crippen molar-refractivity contribution in [3.05, 3.63) is 89.1 Å². The van der Waals surface area contributed by atoms with Crippen molar-refractivity contribution in [3.63, 3.8) is 0 Å². The number of nitrogens with zero attached hydrogens (tertiary/aromatic N) is 1. The van der Waals surface area contributed by atoms with Crippen LogP contribution in [0.5, 0.6) is 0 Å². The molecule has 1 amide bonds. The number of carbonyl (C=O) groups is 2. The van der Waals surface area contributed by atoms with Crippen LogP contribution in [-0.4, -0.2) is 22.2 Å². The molecule has 2 N–H and O–H groups in total. The predicted octanol–water partition coefficient (Wildman–Crippen LogP) is 3.89. The maximum atomic E-state index is 12.3. The number of amides is 1. The zero-order chi connectivity index (χ0) is 19.9. The minimum absolute atomic E-state index is 0.121. The first-order chi connectivity index (χ1) is 13.5. The molecule has 7 nitrogen and oxygen atoms in total. The molecule has 3 rings (SSSR count). The molecular formula is C21H20N2O5.